The maximum Gasteiger partial charge on any atom is 0.0438 e. The molecule has 0 N–H and O–H groups in total. The molecule has 0 bridgehead atoms. The number of rotatable bonds is 1. The van der Waals surface area contributed by atoms with Crippen molar-refractivity contribution < 1.29 is 0 Å². The van der Waals surface area contributed by atoms with Crippen LogP contribution in [0.4, 0.5) is 0 Å². The van der Waals surface area contributed by atoms with Gasteiger partial charge < -0.3 is 4.90 Å². The van der Waals surface area contributed by atoms with Gasteiger partial charge in [-0.1, -0.05) is 6.07 Å². The summed E-state index contributed by atoms with van der Waals surface area (Å²) in [5, 5.41) is 0. The first-order valence-corrected chi connectivity index (χ1v) is 5.38. The van der Waals surface area contributed by atoms with Gasteiger partial charge in [-0.15, -0.1) is 0 Å². The number of aryl methyl sites for hydroxylation is 1. The second-order valence-electron chi connectivity index (χ2n) is 4.28. The average Bonchev–Trinajstić information content (AvgIpc) is 2.19. The lowest BCUT2D eigenvalue weighted by Gasteiger charge is -2.28. The topological polar surface area (TPSA) is 16.1 Å². The smallest absolute Gasteiger partial charge is 0.0438 e. The van der Waals surface area contributed by atoms with Crippen molar-refractivity contribution in [1.82, 2.24) is 9.88 Å². The van der Waals surface area contributed by atoms with Gasteiger partial charge in [0.1, 0.15) is 0 Å². The zero-order valence-electron chi connectivity index (χ0n) is 9.03. The molecular formula is C12H18N2. The summed E-state index contributed by atoms with van der Waals surface area (Å²) in [5.74, 6) is 0.686. The summed E-state index contributed by atoms with van der Waals surface area (Å²) >= 11 is 0. The van der Waals surface area contributed by atoms with Gasteiger partial charge in [0.2, 0.25) is 0 Å². The second kappa shape index (κ2) is 4.09. The lowest BCUT2D eigenvalue weighted by Crippen LogP contribution is -2.29. The van der Waals surface area contributed by atoms with Gasteiger partial charge in [-0.25, -0.2) is 0 Å². The molecule has 0 aromatic carbocycles. The minimum absolute atomic E-state index is 0.686. The van der Waals surface area contributed by atoms with E-state index < -0.39 is 0 Å². The maximum atomic E-state index is 4.60. The summed E-state index contributed by atoms with van der Waals surface area (Å²) in [4.78, 5) is 7.00. The van der Waals surface area contributed by atoms with Gasteiger partial charge in [0.05, 0.1) is 0 Å². The van der Waals surface area contributed by atoms with E-state index in [4.69, 9.17) is 0 Å². The van der Waals surface area contributed by atoms with Crippen LogP contribution in [0.15, 0.2) is 18.2 Å². The Morgan fingerprint density at radius 2 is 2.00 bits per heavy atom. The Bertz CT molecular complexity index is 301. The molecule has 0 aliphatic carbocycles. The molecule has 76 valence electrons. The maximum absolute atomic E-state index is 4.60. The number of pyridine rings is 1. The van der Waals surface area contributed by atoms with Crippen molar-refractivity contribution >= 4 is 0 Å². The van der Waals surface area contributed by atoms with Crippen LogP contribution < -0.4 is 0 Å². The zero-order chi connectivity index (χ0) is 9.97. The molecule has 0 spiro atoms. The predicted molar refractivity (Wildman–Crippen MR) is 58.4 cm³/mol. The van der Waals surface area contributed by atoms with Crippen molar-refractivity contribution in [2.75, 3.05) is 20.1 Å². The first-order chi connectivity index (χ1) is 6.75. The van der Waals surface area contributed by atoms with E-state index in [-0.39, 0.29) is 0 Å². The van der Waals surface area contributed by atoms with E-state index in [1.807, 2.05) is 0 Å². The van der Waals surface area contributed by atoms with Gasteiger partial charge in [0.15, 0.2) is 0 Å². The molecule has 2 heteroatoms. The first-order valence-electron chi connectivity index (χ1n) is 5.38. The van der Waals surface area contributed by atoms with Crippen LogP contribution in [-0.2, 0) is 0 Å². The van der Waals surface area contributed by atoms with Gasteiger partial charge in [-0.05, 0) is 52.0 Å². The van der Waals surface area contributed by atoms with Crippen LogP contribution in [0.3, 0.4) is 0 Å². The Balaban J connectivity index is 2.08. The second-order valence-corrected chi connectivity index (χ2v) is 4.28. The third kappa shape index (κ3) is 2.13. The van der Waals surface area contributed by atoms with Gasteiger partial charge >= 0.3 is 0 Å². The van der Waals surface area contributed by atoms with Crippen LogP contribution in [0.5, 0.6) is 0 Å². The Morgan fingerprint density at radius 3 is 2.64 bits per heavy atom. The van der Waals surface area contributed by atoms with Crippen LogP contribution >= 0.6 is 0 Å². The van der Waals surface area contributed by atoms with E-state index in [1.165, 1.54) is 31.6 Å². The average molecular weight is 190 g/mol. The fourth-order valence-corrected chi connectivity index (χ4v) is 2.10. The number of aromatic nitrogens is 1. The van der Waals surface area contributed by atoms with Crippen LogP contribution in [0, 0.1) is 6.92 Å². The molecule has 2 heterocycles. The van der Waals surface area contributed by atoms with Crippen LogP contribution in [-0.4, -0.2) is 30.0 Å². The molecule has 14 heavy (non-hydrogen) atoms. The molecule has 0 saturated carbocycles. The molecule has 1 aliphatic rings. The minimum Gasteiger partial charge on any atom is -0.306 e. The van der Waals surface area contributed by atoms with Crippen LogP contribution in [0.25, 0.3) is 0 Å². The number of piperidine rings is 1. The predicted octanol–water partition coefficient (Wildman–Crippen LogP) is 2.20. The molecular weight excluding hydrogens is 172 g/mol. The fraction of sp³-hybridized carbons (Fsp3) is 0.583. The number of hydrogen-bond donors (Lipinski definition) is 0. The van der Waals surface area contributed by atoms with E-state index in [2.05, 4.69) is 42.1 Å². The van der Waals surface area contributed by atoms with E-state index >= 15 is 0 Å². The fourth-order valence-electron chi connectivity index (χ4n) is 2.10. The van der Waals surface area contributed by atoms with E-state index in [9.17, 15) is 0 Å². The molecule has 1 fully saturated rings. The van der Waals surface area contributed by atoms with Crippen molar-refractivity contribution in [3.63, 3.8) is 0 Å². The van der Waals surface area contributed by atoms with Crippen molar-refractivity contribution in [1.29, 1.82) is 0 Å². The summed E-state index contributed by atoms with van der Waals surface area (Å²) in [6.45, 7) is 4.49. The highest BCUT2D eigenvalue weighted by Crippen LogP contribution is 2.25. The van der Waals surface area contributed by atoms with Crippen LogP contribution in [0.2, 0.25) is 0 Å². The van der Waals surface area contributed by atoms with E-state index in [1.54, 1.807) is 0 Å². The number of hydrogen-bond acceptors (Lipinski definition) is 2. The molecule has 1 aromatic rings. The highest BCUT2D eigenvalue weighted by molar-refractivity contribution is 5.14. The third-order valence-electron chi connectivity index (χ3n) is 3.05. The third-order valence-corrected chi connectivity index (χ3v) is 3.05. The zero-order valence-corrected chi connectivity index (χ0v) is 9.03. The SMILES string of the molecule is Cc1cccc(C2CCN(C)CC2)n1. The summed E-state index contributed by atoms with van der Waals surface area (Å²) < 4.78 is 0. The van der Waals surface area contributed by atoms with Gasteiger partial charge in [0, 0.05) is 17.3 Å². The lowest BCUT2D eigenvalue weighted by molar-refractivity contribution is 0.253. The van der Waals surface area contributed by atoms with Gasteiger partial charge in [0.25, 0.3) is 0 Å². The molecule has 2 nitrogen and oxygen atoms in total. The first kappa shape index (κ1) is 9.66. The highest BCUT2D eigenvalue weighted by Gasteiger charge is 2.18. The minimum atomic E-state index is 0.686. The molecule has 0 amide bonds. The molecule has 1 aromatic heterocycles. The van der Waals surface area contributed by atoms with E-state index in [0.717, 1.165) is 5.69 Å². The summed E-state index contributed by atoms with van der Waals surface area (Å²) in [6, 6.07) is 6.36. The quantitative estimate of drug-likeness (QED) is 0.675. The van der Waals surface area contributed by atoms with Crippen molar-refractivity contribution in [2.45, 2.75) is 25.7 Å². The Kier molecular flexibility index (Phi) is 2.82. The highest BCUT2D eigenvalue weighted by atomic mass is 15.1. The summed E-state index contributed by atoms with van der Waals surface area (Å²) in [7, 11) is 2.19. The summed E-state index contributed by atoms with van der Waals surface area (Å²) in [5.41, 5.74) is 2.43. The Labute approximate surface area is 86.0 Å². The normalized spacial score (nSPS) is 19.9. The number of likely N-dealkylation sites (tertiary alicyclic amines) is 1. The molecule has 0 unspecified atom stereocenters. The molecule has 2 rings (SSSR count). The molecule has 0 atom stereocenters. The van der Waals surface area contributed by atoms with Crippen LogP contribution in [0.1, 0.15) is 30.1 Å². The van der Waals surface area contributed by atoms with Crippen molar-refractivity contribution in [2.24, 2.45) is 0 Å². The summed E-state index contributed by atoms with van der Waals surface area (Å²) in [6.07, 6.45) is 2.51. The van der Waals surface area contributed by atoms with E-state index in [0.29, 0.717) is 5.92 Å². The van der Waals surface area contributed by atoms with Gasteiger partial charge in [-0.2, -0.15) is 0 Å². The largest absolute Gasteiger partial charge is 0.306 e. The number of nitrogens with zero attached hydrogens (tertiary/aromatic N) is 2. The molecule has 0 radical (unpaired) electrons. The molecule has 1 saturated heterocycles. The van der Waals surface area contributed by atoms with Crippen molar-refractivity contribution in [3.05, 3.63) is 29.6 Å². The molecule has 1 aliphatic heterocycles. The van der Waals surface area contributed by atoms with Crippen molar-refractivity contribution in [3.8, 4) is 0 Å². The standard InChI is InChI=1S/C12H18N2/c1-10-4-3-5-12(13-10)11-6-8-14(2)9-7-11/h3-5,11H,6-9H2,1-2H3. The Morgan fingerprint density at radius 1 is 1.29 bits per heavy atom. The lowest BCUT2D eigenvalue weighted by atomic mass is 9.93. The van der Waals surface area contributed by atoms with Gasteiger partial charge in [-0.3, -0.25) is 4.98 Å². The monoisotopic (exact) mass is 190 g/mol. The Hall–Kier alpha value is -0.890.